The zero-order chi connectivity index (χ0) is 22.9. The summed E-state index contributed by atoms with van der Waals surface area (Å²) >= 11 is 6.33. The SMILES string of the molecule is NC(=O)C[C@H]1CCCNC1[C@@H]1CNC(=O)c2cc(-c3cccc(Cl)c3)c(-c3ccccc3)n21. The van der Waals surface area contributed by atoms with Crippen molar-refractivity contribution in [2.24, 2.45) is 11.7 Å². The van der Waals surface area contributed by atoms with Crippen LogP contribution in [-0.4, -0.2) is 35.5 Å². The summed E-state index contributed by atoms with van der Waals surface area (Å²) in [6.07, 6.45) is 2.27. The van der Waals surface area contributed by atoms with Crippen LogP contribution in [0.5, 0.6) is 0 Å². The van der Waals surface area contributed by atoms with Crippen LogP contribution in [-0.2, 0) is 4.79 Å². The van der Waals surface area contributed by atoms with E-state index in [0.717, 1.165) is 41.8 Å². The molecule has 7 heteroatoms. The summed E-state index contributed by atoms with van der Waals surface area (Å²) in [6.45, 7) is 1.37. The molecule has 0 spiro atoms. The number of nitrogens with zero attached hydrogens (tertiary/aromatic N) is 1. The molecule has 4 N–H and O–H groups in total. The standard InChI is InChI=1S/C26H27ClN4O2/c27-19-10-4-8-17(12-19)20-14-21-26(33)30-15-22(24-18(13-23(28)32)9-5-11-29-24)31(21)25(20)16-6-2-1-3-7-16/h1-4,6-8,10,12,14,18,22,24,29H,5,9,11,13,15H2,(H2,28,32)(H,30,33)/t18-,22+,24?/m1/s1. The third-order valence-corrected chi connectivity index (χ3v) is 7.01. The Labute approximate surface area is 198 Å². The maximum absolute atomic E-state index is 13.0. The molecule has 6 nitrogen and oxygen atoms in total. The normalized spacial score (nSPS) is 22.5. The first-order chi connectivity index (χ1) is 16.0. The van der Waals surface area contributed by atoms with Crippen molar-refractivity contribution in [3.8, 4) is 22.4 Å². The molecule has 2 amide bonds. The van der Waals surface area contributed by atoms with Gasteiger partial charge in [-0.3, -0.25) is 9.59 Å². The molecule has 0 aliphatic carbocycles. The summed E-state index contributed by atoms with van der Waals surface area (Å²) in [5.41, 5.74) is 10.1. The zero-order valence-corrected chi connectivity index (χ0v) is 19.0. The van der Waals surface area contributed by atoms with Crippen LogP contribution < -0.4 is 16.4 Å². The Kier molecular flexibility index (Phi) is 5.96. The number of fused-ring (bicyclic) bond motifs is 1. The van der Waals surface area contributed by atoms with Gasteiger partial charge in [-0.15, -0.1) is 0 Å². The third kappa shape index (κ3) is 4.16. The van der Waals surface area contributed by atoms with Crippen molar-refractivity contribution in [2.45, 2.75) is 31.3 Å². The predicted molar refractivity (Wildman–Crippen MR) is 130 cm³/mol. The van der Waals surface area contributed by atoms with Gasteiger partial charge in [0.15, 0.2) is 0 Å². The van der Waals surface area contributed by atoms with Crippen LogP contribution in [0.15, 0.2) is 60.7 Å². The van der Waals surface area contributed by atoms with E-state index in [2.05, 4.69) is 27.3 Å². The zero-order valence-electron chi connectivity index (χ0n) is 18.3. The van der Waals surface area contributed by atoms with Gasteiger partial charge in [-0.1, -0.05) is 54.1 Å². The number of rotatable bonds is 5. The maximum atomic E-state index is 13.0. The van der Waals surface area contributed by atoms with Crippen LogP contribution in [0.2, 0.25) is 5.02 Å². The van der Waals surface area contributed by atoms with E-state index in [1.54, 1.807) is 0 Å². The van der Waals surface area contributed by atoms with Crippen LogP contribution in [0, 0.1) is 5.92 Å². The average molecular weight is 463 g/mol. The lowest BCUT2D eigenvalue weighted by atomic mass is 9.83. The second kappa shape index (κ2) is 9.04. The molecule has 1 fully saturated rings. The van der Waals surface area contributed by atoms with Crippen LogP contribution >= 0.6 is 11.6 Å². The Morgan fingerprint density at radius 3 is 2.64 bits per heavy atom. The fourth-order valence-electron chi connectivity index (χ4n) is 5.39. The van der Waals surface area contributed by atoms with Crippen molar-refractivity contribution in [3.05, 3.63) is 71.4 Å². The van der Waals surface area contributed by atoms with Gasteiger partial charge >= 0.3 is 0 Å². The number of amides is 2. The number of halogens is 1. The van der Waals surface area contributed by atoms with E-state index in [0.29, 0.717) is 23.7 Å². The van der Waals surface area contributed by atoms with Crippen molar-refractivity contribution in [2.75, 3.05) is 13.1 Å². The highest BCUT2D eigenvalue weighted by atomic mass is 35.5. The third-order valence-electron chi connectivity index (χ3n) is 6.77. The number of carbonyl (C=O) groups is 2. The van der Waals surface area contributed by atoms with Crippen molar-refractivity contribution < 1.29 is 9.59 Å². The van der Waals surface area contributed by atoms with Gasteiger partial charge in [0, 0.05) is 29.6 Å². The summed E-state index contributed by atoms with van der Waals surface area (Å²) in [5, 5.41) is 7.35. The summed E-state index contributed by atoms with van der Waals surface area (Å²) in [6, 6.07) is 19.8. The van der Waals surface area contributed by atoms with E-state index in [1.165, 1.54) is 0 Å². The number of primary amides is 1. The summed E-state index contributed by atoms with van der Waals surface area (Å²) in [7, 11) is 0. The topological polar surface area (TPSA) is 89.2 Å². The first-order valence-corrected chi connectivity index (χ1v) is 11.8. The van der Waals surface area contributed by atoms with Gasteiger partial charge in [0.1, 0.15) is 5.69 Å². The Morgan fingerprint density at radius 1 is 1.09 bits per heavy atom. The van der Waals surface area contributed by atoms with E-state index in [1.807, 2.05) is 48.5 Å². The van der Waals surface area contributed by atoms with Gasteiger partial charge in [-0.25, -0.2) is 0 Å². The molecule has 1 aromatic heterocycles. The fourth-order valence-corrected chi connectivity index (χ4v) is 5.58. The van der Waals surface area contributed by atoms with Gasteiger partial charge < -0.3 is 20.9 Å². The Morgan fingerprint density at radius 2 is 1.88 bits per heavy atom. The number of benzene rings is 2. The lowest BCUT2D eigenvalue weighted by Gasteiger charge is -2.41. The molecule has 2 aromatic carbocycles. The van der Waals surface area contributed by atoms with Gasteiger partial charge in [0.05, 0.1) is 11.7 Å². The van der Waals surface area contributed by atoms with Gasteiger partial charge in [-0.2, -0.15) is 0 Å². The maximum Gasteiger partial charge on any atom is 0.268 e. The number of aromatic nitrogens is 1. The second-order valence-electron chi connectivity index (χ2n) is 8.87. The van der Waals surface area contributed by atoms with E-state index in [4.69, 9.17) is 17.3 Å². The lowest BCUT2D eigenvalue weighted by molar-refractivity contribution is -0.119. The van der Waals surface area contributed by atoms with E-state index >= 15 is 0 Å². The van der Waals surface area contributed by atoms with Gasteiger partial charge in [-0.05, 0) is 54.6 Å². The van der Waals surface area contributed by atoms with Crippen LogP contribution in [0.1, 0.15) is 35.8 Å². The highest BCUT2D eigenvalue weighted by molar-refractivity contribution is 6.30. The Hall–Kier alpha value is -3.09. The number of hydrogen-bond donors (Lipinski definition) is 3. The van der Waals surface area contributed by atoms with Crippen molar-refractivity contribution in [1.82, 2.24) is 15.2 Å². The Bertz CT molecular complexity index is 1190. The summed E-state index contributed by atoms with van der Waals surface area (Å²) in [4.78, 5) is 24.8. The minimum atomic E-state index is -0.288. The smallest absolute Gasteiger partial charge is 0.268 e. The largest absolute Gasteiger partial charge is 0.370 e. The number of hydrogen-bond acceptors (Lipinski definition) is 3. The fraction of sp³-hybridized carbons (Fsp3) is 0.308. The molecule has 2 aliphatic heterocycles. The van der Waals surface area contributed by atoms with Crippen molar-refractivity contribution in [1.29, 1.82) is 0 Å². The molecule has 5 rings (SSSR count). The summed E-state index contributed by atoms with van der Waals surface area (Å²) < 4.78 is 2.17. The van der Waals surface area contributed by atoms with E-state index < -0.39 is 0 Å². The monoisotopic (exact) mass is 462 g/mol. The highest BCUT2D eigenvalue weighted by Crippen LogP contribution is 2.41. The number of nitrogens with two attached hydrogens (primary N) is 1. The van der Waals surface area contributed by atoms with E-state index in [9.17, 15) is 9.59 Å². The molecule has 0 radical (unpaired) electrons. The molecule has 33 heavy (non-hydrogen) atoms. The molecule has 3 heterocycles. The molecule has 3 aromatic rings. The lowest BCUT2D eigenvalue weighted by Crippen LogP contribution is -2.53. The van der Waals surface area contributed by atoms with E-state index in [-0.39, 0.29) is 29.8 Å². The molecule has 0 bridgehead atoms. The molecule has 1 unspecified atom stereocenters. The number of carbonyl (C=O) groups excluding carboxylic acids is 2. The molecule has 3 atom stereocenters. The van der Waals surface area contributed by atoms with Crippen LogP contribution in [0.3, 0.4) is 0 Å². The molecule has 0 saturated carbocycles. The summed E-state index contributed by atoms with van der Waals surface area (Å²) in [5.74, 6) is -0.270. The molecular formula is C26H27ClN4O2. The van der Waals surface area contributed by atoms with Crippen molar-refractivity contribution in [3.63, 3.8) is 0 Å². The minimum Gasteiger partial charge on any atom is -0.370 e. The molecular weight excluding hydrogens is 436 g/mol. The number of nitrogens with one attached hydrogen (secondary N) is 2. The second-order valence-corrected chi connectivity index (χ2v) is 9.30. The number of piperidine rings is 1. The van der Waals surface area contributed by atoms with Crippen molar-refractivity contribution >= 4 is 23.4 Å². The van der Waals surface area contributed by atoms with Gasteiger partial charge in [0.25, 0.3) is 5.91 Å². The Balaban J connectivity index is 1.71. The molecule has 170 valence electrons. The van der Waals surface area contributed by atoms with Gasteiger partial charge in [0.2, 0.25) is 5.91 Å². The highest BCUT2D eigenvalue weighted by Gasteiger charge is 2.39. The first kappa shape index (κ1) is 21.7. The molecule has 2 aliphatic rings. The van der Waals surface area contributed by atoms with Crippen LogP contribution in [0.25, 0.3) is 22.4 Å². The minimum absolute atomic E-state index is 0.0210. The average Bonchev–Trinajstić information content (AvgIpc) is 3.22. The quantitative estimate of drug-likeness (QED) is 0.535. The van der Waals surface area contributed by atoms with Crippen LogP contribution in [0.4, 0.5) is 0 Å². The molecule has 1 saturated heterocycles. The first-order valence-electron chi connectivity index (χ1n) is 11.4. The predicted octanol–water partition coefficient (Wildman–Crippen LogP) is 4.00.